The molecule has 1 fully saturated rings. The van der Waals surface area contributed by atoms with E-state index in [4.69, 9.17) is 9.94 Å². The van der Waals surface area contributed by atoms with Gasteiger partial charge in [-0.1, -0.05) is 46.1 Å². The highest BCUT2D eigenvalue weighted by atomic mass is 16.5. The summed E-state index contributed by atoms with van der Waals surface area (Å²) >= 11 is 0. The second-order valence-electron chi connectivity index (χ2n) is 9.39. The van der Waals surface area contributed by atoms with E-state index in [-0.39, 0.29) is 12.5 Å². The Balaban J connectivity index is 2.16. The zero-order valence-electron chi connectivity index (χ0n) is 19.4. The topological polar surface area (TPSA) is 120 Å². The van der Waals surface area contributed by atoms with Gasteiger partial charge in [-0.3, -0.25) is 14.8 Å². The molecule has 1 aliphatic rings. The first-order chi connectivity index (χ1) is 15.1. The number of carbonyl (C=O) groups excluding carboxylic acids is 3. The van der Waals surface area contributed by atoms with Crippen LogP contribution in [-0.4, -0.2) is 54.2 Å². The molecule has 0 saturated heterocycles. The van der Waals surface area contributed by atoms with Crippen molar-refractivity contribution in [3.05, 3.63) is 24.3 Å². The summed E-state index contributed by atoms with van der Waals surface area (Å²) in [6.45, 7) is 5.71. The number of anilines is 1. The molecule has 1 aliphatic carbocycles. The highest BCUT2D eigenvalue weighted by molar-refractivity contribution is 5.95. The van der Waals surface area contributed by atoms with Crippen molar-refractivity contribution in [1.82, 2.24) is 15.7 Å². The van der Waals surface area contributed by atoms with Crippen LogP contribution in [-0.2, 0) is 9.59 Å². The Hall–Kier alpha value is -2.81. The van der Waals surface area contributed by atoms with E-state index in [1.54, 1.807) is 29.7 Å². The van der Waals surface area contributed by atoms with Crippen LogP contribution in [0.2, 0.25) is 0 Å². The molecule has 1 atom stereocenters. The van der Waals surface area contributed by atoms with Gasteiger partial charge >= 0.3 is 6.03 Å². The third-order valence-corrected chi connectivity index (χ3v) is 5.69. The van der Waals surface area contributed by atoms with E-state index < -0.39 is 23.4 Å². The zero-order valence-corrected chi connectivity index (χ0v) is 19.4. The summed E-state index contributed by atoms with van der Waals surface area (Å²) in [6.07, 6.45) is 5.37. The lowest BCUT2D eigenvalue weighted by atomic mass is 9.84. The number of nitrogens with one attached hydrogen (secondary N) is 3. The molecule has 0 aromatic heterocycles. The number of benzene rings is 1. The Morgan fingerprint density at radius 2 is 1.88 bits per heavy atom. The van der Waals surface area contributed by atoms with Gasteiger partial charge in [0.2, 0.25) is 5.91 Å². The molecule has 0 heterocycles. The average Bonchev–Trinajstić information content (AvgIpc) is 2.76. The fourth-order valence-electron chi connectivity index (χ4n) is 3.95. The van der Waals surface area contributed by atoms with Crippen LogP contribution in [0.5, 0.6) is 5.75 Å². The molecule has 9 heteroatoms. The Morgan fingerprint density at radius 3 is 2.47 bits per heavy atom. The molecule has 32 heavy (non-hydrogen) atoms. The maximum atomic E-state index is 13.5. The van der Waals surface area contributed by atoms with Crippen molar-refractivity contribution in [2.75, 3.05) is 25.5 Å². The number of rotatable bonds is 8. The van der Waals surface area contributed by atoms with Crippen molar-refractivity contribution in [3.8, 4) is 5.75 Å². The first-order valence-corrected chi connectivity index (χ1v) is 11.1. The van der Waals surface area contributed by atoms with E-state index >= 15 is 0 Å². The van der Waals surface area contributed by atoms with Gasteiger partial charge in [0.1, 0.15) is 18.3 Å². The molecule has 9 nitrogen and oxygen atoms in total. The van der Waals surface area contributed by atoms with Gasteiger partial charge < -0.3 is 20.3 Å². The Morgan fingerprint density at radius 1 is 1.19 bits per heavy atom. The van der Waals surface area contributed by atoms with Crippen LogP contribution < -0.4 is 20.9 Å². The standard InChI is InChI=1S/C23H36N4O5/c1-23(2,3)20(25-22(30)24-17-11-8-12-18(13-17)32-4)21(29)27(15-19(28)26-31)14-16-9-6-5-7-10-16/h8,11-13,16,20,31H,5-7,9-10,14-15H2,1-4H3,(H,26,28)(H2,24,25,30). The summed E-state index contributed by atoms with van der Waals surface area (Å²) < 4.78 is 5.17. The molecule has 0 aliphatic heterocycles. The first-order valence-electron chi connectivity index (χ1n) is 11.1. The molecule has 178 valence electrons. The van der Waals surface area contributed by atoms with Crippen LogP contribution in [0.15, 0.2) is 24.3 Å². The van der Waals surface area contributed by atoms with Crippen LogP contribution in [0.4, 0.5) is 10.5 Å². The van der Waals surface area contributed by atoms with E-state index in [0.717, 1.165) is 25.7 Å². The monoisotopic (exact) mass is 448 g/mol. The van der Waals surface area contributed by atoms with Crippen LogP contribution in [0.25, 0.3) is 0 Å². The van der Waals surface area contributed by atoms with E-state index in [0.29, 0.717) is 23.9 Å². The van der Waals surface area contributed by atoms with Crippen molar-refractivity contribution >= 4 is 23.5 Å². The van der Waals surface area contributed by atoms with Crippen LogP contribution in [0.3, 0.4) is 0 Å². The number of hydrogen-bond donors (Lipinski definition) is 4. The maximum Gasteiger partial charge on any atom is 0.319 e. The van der Waals surface area contributed by atoms with Gasteiger partial charge in [0.25, 0.3) is 5.91 Å². The van der Waals surface area contributed by atoms with Crippen molar-refractivity contribution in [2.24, 2.45) is 11.3 Å². The summed E-state index contributed by atoms with van der Waals surface area (Å²) in [6, 6.07) is 5.50. The predicted molar refractivity (Wildman–Crippen MR) is 121 cm³/mol. The van der Waals surface area contributed by atoms with Gasteiger partial charge in [-0.15, -0.1) is 0 Å². The largest absolute Gasteiger partial charge is 0.497 e. The minimum Gasteiger partial charge on any atom is -0.497 e. The lowest BCUT2D eigenvalue weighted by Crippen LogP contribution is -2.57. The van der Waals surface area contributed by atoms with Crippen molar-refractivity contribution in [3.63, 3.8) is 0 Å². The zero-order chi connectivity index (χ0) is 23.7. The smallest absolute Gasteiger partial charge is 0.319 e. The molecule has 1 saturated carbocycles. The van der Waals surface area contributed by atoms with Gasteiger partial charge in [-0.25, -0.2) is 10.3 Å². The van der Waals surface area contributed by atoms with E-state index in [1.807, 2.05) is 20.8 Å². The summed E-state index contributed by atoms with van der Waals surface area (Å²) in [4.78, 5) is 39.6. The minimum absolute atomic E-state index is 0.266. The highest BCUT2D eigenvalue weighted by Gasteiger charge is 2.37. The van der Waals surface area contributed by atoms with Crippen molar-refractivity contribution in [1.29, 1.82) is 0 Å². The van der Waals surface area contributed by atoms with Gasteiger partial charge in [0.05, 0.1) is 7.11 Å². The Labute approximate surface area is 189 Å². The van der Waals surface area contributed by atoms with Gasteiger partial charge in [-0.2, -0.15) is 0 Å². The molecule has 1 aromatic carbocycles. The number of ether oxygens (including phenoxy) is 1. The number of hydrogen-bond acceptors (Lipinski definition) is 5. The molecule has 1 unspecified atom stereocenters. The molecular weight excluding hydrogens is 412 g/mol. The van der Waals surface area contributed by atoms with Crippen molar-refractivity contribution < 1.29 is 24.3 Å². The van der Waals surface area contributed by atoms with Crippen LogP contribution >= 0.6 is 0 Å². The highest BCUT2D eigenvalue weighted by Crippen LogP contribution is 2.27. The second kappa shape index (κ2) is 11.7. The average molecular weight is 449 g/mol. The number of methoxy groups -OCH3 is 1. The van der Waals surface area contributed by atoms with Crippen LogP contribution in [0.1, 0.15) is 52.9 Å². The predicted octanol–water partition coefficient (Wildman–Crippen LogP) is 3.15. The van der Waals surface area contributed by atoms with E-state index in [1.165, 1.54) is 18.4 Å². The molecule has 2 rings (SSSR count). The van der Waals surface area contributed by atoms with Gasteiger partial charge in [-0.05, 0) is 36.3 Å². The normalized spacial score (nSPS) is 15.4. The summed E-state index contributed by atoms with van der Waals surface area (Å²) in [5.74, 6) is -0.125. The lowest BCUT2D eigenvalue weighted by molar-refractivity contribution is -0.142. The molecular formula is C23H36N4O5. The summed E-state index contributed by atoms with van der Waals surface area (Å²) in [5, 5.41) is 14.5. The second-order valence-corrected chi connectivity index (χ2v) is 9.39. The number of amides is 4. The third kappa shape index (κ3) is 7.71. The number of nitrogens with zero attached hydrogens (tertiary/aromatic N) is 1. The summed E-state index contributed by atoms with van der Waals surface area (Å²) in [5.41, 5.74) is 1.53. The maximum absolute atomic E-state index is 13.5. The quantitative estimate of drug-likeness (QED) is 0.360. The fourth-order valence-corrected chi connectivity index (χ4v) is 3.95. The molecule has 0 radical (unpaired) electrons. The minimum atomic E-state index is -0.872. The first kappa shape index (κ1) is 25.5. The summed E-state index contributed by atoms with van der Waals surface area (Å²) in [7, 11) is 1.54. The SMILES string of the molecule is COc1cccc(NC(=O)NC(C(=O)N(CC(=O)NO)CC2CCCCC2)C(C)(C)C)c1. The molecule has 0 spiro atoms. The van der Waals surface area contributed by atoms with E-state index in [9.17, 15) is 14.4 Å². The van der Waals surface area contributed by atoms with Gasteiger partial charge in [0.15, 0.2) is 0 Å². The molecule has 0 bridgehead atoms. The number of urea groups is 1. The number of carbonyl (C=O) groups is 3. The molecule has 1 aromatic rings. The van der Waals surface area contributed by atoms with Gasteiger partial charge in [0, 0.05) is 18.3 Å². The molecule has 4 N–H and O–H groups in total. The van der Waals surface area contributed by atoms with Crippen molar-refractivity contribution in [2.45, 2.75) is 58.9 Å². The van der Waals surface area contributed by atoms with Crippen LogP contribution in [0, 0.1) is 11.3 Å². The Bertz CT molecular complexity index is 787. The third-order valence-electron chi connectivity index (χ3n) is 5.69. The Kier molecular flexibility index (Phi) is 9.31. The number of hydroxylamine groups is 1. The lowest BCUT2D eigenvalue weighted by Gasteiger charge is -2.36. The fraction of sp³-hybridized carbons (Fsp3) is 0.609. The molecule has 4 amide bonds. The van der Waals surface area contributed by atoms with E-state index in [2.05, 4.69) is 10.6 Å².